The van der Waals surface area contributed by atoms with E-state index in [0.717, 1.165) is 24.3 Å². The average molecular weight is 285 g/mol. The molecule has 1 aromatic carbocycles. The number of hydrogen-bond acceptors (Lipinski definition) is 3. The Morgan fingerprint density at radius 1 is 1.47 bits per heavy atom. The number of halogens is 1. The summed E-state index contributed by atoms with van der Waals surface area (Å²) in [5.74, 6) is 0.914. The molecule has 0 aliphatic carbocycles. The molecule has 5 heteroatoms. The Kier molecular flexibility index (Phi) is 6.67. The van der Waals surface area contributed by atoms with Crippen molar-refractivity contribution in [1.29, 1.82) is 0 Å². The number of methoxy groups -OCH3 is 1. The van der Waals surface area contributed by atoms with Gasteiger partial charge in [-0.05, 0) is 25.5 Å². The van der Waals surface area contributed by atoms with Crippen LogP contribution in [0, 0.1) is 0 Å². The first-order chi connectivity index (χ1) is 8.79. The number of carbonyl (C=O) groups excluding carboxylic acids is 1. The molecule has 1 fully saturated rings. The van der Waals surface area contributed by atoms with Gasteiger partial charge in [-0.15, -0.1) is 12.4 Å². The van der Waals surface area contributed by atoms with Crippen LogP contribution in [0.15, 0.2) is 24.3 Å². The predicted molar refractivity (Wildman–Crippen MR) is 77.7 cm³/mol. The number of rotatable bonds is 5. The second kappa shape index (κ2) is 8.02. The highest BCUT2D eigenvalue weighted by Gasteiger charge is 2.17. The average Bonchev–Trinajstić information content (AvgIpc) is 2.89. The van der Waals surface area contributed by atoms with Crippen molar-refractivity contribution < 1.29 is 9.53 Å². The Balaban J connectivity index is 0.00000180. The lowest BCUT2D eigenvalue weighted by atomic mass is 10.1. The molecule has 1 unspecified atom stereocenters. The number of hydrogen-bond donors (Lipinski definition) is 2. The zero-order valence-electron chi connectivity index (χ0n) is 11.1. The number of ether oxygens (including phenoxy) is 1. The Labute approximate surface area is 120 Å². The van der Waals surface area contributed by atoms with Crippen molar-refractivity contribution in [2.75, 3.05) is 13.7 Å². The predicted octanol–water partition coefficient (Wildman–Crippen LogP) is 1.88. The molecule has 0 radical (unpaired) electrons. The maximum absolute atomic E-state index is 11.8. The molecule has 1 heterocycles. The number of nitrogens with one attached hydrogen (secondary N) is 2. The highest BCUT2D eigenvalue weighted by atomic mass is 35.5. The number of carbonyl (C=O) groups is 1. The van der Waals surface area contributed by atoms with Crippen molar-refractivity contribution in [3.05, 3.63) is 29.8 Å². The van der Waals surface area contributed by atoms with Crippen LogP contribution in [0.3, 0.4) is 0 Å². The molecule has 4 nitrogen and oxygen atoms in total. The van der Waals surface area contributed by atoms with Gasteiger partial charge >= 0.3 is 0 Å². The third-order valence-electron chi connectivity index (χ3n) is 3.26. The van der Waals surface area contributed by atoms with Crippen LogP contribution < -0.4 is 15.4 Å². The quantitative estimate of drug-likeness (QED) is 0.868. The molecule has 19 heavy (non-hydrogen) atoms. The summed E-state index contributed by atoms with van der Waals surface area (Å²) in [4.78, 5) is 11.8. The van der Waals surface area contributed by atoms with Crippen molar-refractivity contribution in [2.24, 2.45) is 0 Å². The first-order valence-electron chi connectivity index (χ1n) is 6.41. The van der Waals surface area contributed by atoms with E-state index >= 15 is 0 Å². The second-order valence-corrected chi connectivity index (χ2v) is 4.59. The molecule has 0 saturated carbocycles. The minimum atomic E-state index is 0. The van der Waals surface area contributed by atoms with E-state index in [1.807, 2.05) is 24.3 Å². The number of para-hydroxylation sites is 1. The summed E-state index contributed by atoms with van der Waals surface area (Å²) in [7, 11) is 1.64. The van der Waals surface area contributed by atoms with Gasteiger partial charge in [0.1, 0.15) is 5.75 Å². The van der Waals surface area contributed by atoms with Crippen LogP contribution >= 0.6 is 12.4 Å². The molecular weight excluding hydrogens is 264 g/mol. The maximum atomic E-state index is 11.8. The lowest BCUT2D eigenvalue weighted by Gasteiger charge is -2.12. The standard InChI is InChI=1S/C14H20N2O2.ClH/c1-18-13-7-3-2-5-11(13)10-16-14(17)9-12-6-4-8-15-12;/h2-3,5,7,12,15H,4,6,8-10H2,1H3,(H,16,17);1H. The topological polar surface area (TPSA) is 50.4 Å². The number of amides is 1. The Hall–Kier alpha value is -1.26. The van der Waals surface area contributed by atoms with Gasteiger partial charge in [0.15, 0.2) is 0 Å². The maximum Gasteiger partial charge on any atom is 0.221 e. The molecule has 1 amide bonds. The van der Waals surface area contributed by atoms with Crippen LogP contribution in [0.5, 0.6) is 5.75 Å². The van der Waals surface area contributed by atoms with Gasteiger partial charge in [0.05, 0.1) is 7.11 Å². The van der Waals surface area contributed by atoms with E-state index in [2.05, 4.69) is 10.6 Å². The molecule has 2 rings (SSSR count). The molecule has 1 aromatic rings. The van der Waals surface area contributed by atoms with Crippen molar-refractivity contribution in [2.45, 2.75) is 31.8 Å². The molecule has 0 bridgehead atoms. The number of benzene rings is 1. The minimum Gasteiger partial charge on any atom is -0.496 e. The van der Waals surface area contributed by atoms with Crippen LogP contribution in [0.1, 0.15) is 24.8 Å². The van der Waals surface area contributed by atoms with Crippen LogP contribution in [0.4, 0.5) is 0 Å². The van der Waals surface area contributed by atoms with E-state index in [9.17, 15) is 4.79 Å². The summed E-state index contributed by atoms with van der Waals surface area (Å²) in [6.07, 6.45) is 2.84. The van der Waals surface area contributed by atoms with E-state index in [1.165, 1.54) is 6.42 Å². The molecule has 1 aliphatic heterocycles. The second-order valence-electron chi connectivity index (χ2n) is 4.59. The normalized spacial score (nSPS) is 17.6. The van der Waals surface area contributed by atoms with Gasteiger partial charge < -0.3 is 15.4 Å². The Morgan fingerprint density at radius 2 is 2.26 bits per heavy atom. The highest BCUT2D eigenvalue weighted by Crippen LogP contribution is 2.16. The van der Waals surface area contributed by atoms with Crippen molar-refractivity contribution >= 4 is 18.3 Å². The van der Waals surface area contributed by atoms with Crippen molar-refractivity contribution in [3.63, 3.8) is 0 Å². The summed E-state index contributed by atoms with van der Waals surface area (Å²) >= 11 is 0. The van der Waals surface area contributed by atoms with Gasteiger partial charge in [-0.3, -0.25) is 4.79 Å². The fourth-order valence-corrected chi connectivity index (χ4v) is 2.27. The molecule has 1 atom stereocenters. The fourth-order valence-electron chi connectivity index (χ4n) is 2.27. The SMILES string of the molecule is COc1ccccc1CNC(=O)CC1CCCN1.Cl. The molecular formula is C14H21ClN2O2. The minimum absolute atomic E-state index is 0. The van der Waals surface area contributed by atoms with Crippen molar-refractivity contribution in [3.8, 4) is 5.75 Å². The summed E-state index contributed by atoms with van der Waals surface area (Å²) in [5, 5.41) is 6.26. The summed E-state index contributed by atoms with van der Waals surface area (Å²) < 4.78 is 5.25. The lowest BCUT2D eigenvalue weighted by Crippen LogP contribution is -2.31. The van der Waals surface area contributed by atoms with Crippen LogP contribution in [-0.4, -0.2) is 25.6 Å². The highest BCUT2D eigenvalue weighted by molar-refractivity contribution is 5.85. The van der Waals surface area contributed by atoms with E-state index in [0.29, 0.717) is 19.0 Å². The smallest absolute Gasteiger partial charge is 0.221 e. The van der Waals surface area contributed by atoms with Gasteiger partial charge in [0.2, 0.25) is 5.91 Å². The molecule has 106 valence electrons. The largest absolute Gasteiger partial charge is 0.496 e. The zero-order valence-corrected chi connectivity index (χ0v) is 12.0. The van der Waals surface area contributed by atoms with Gasteiger partial charge in [0, 0.05) is 24.6 Å². The van der Waals surface area contributed by atoms with Gasteiger partial charge in [0.25, 0.3) is 0 Å². The third kappa shape index (κ3) is 4.73. The summed E-state index contributed by atoms with van der Waals surface area (Å²) in [5.41, 5.74) is 1.01. The van der Waals surface area contributed by atoms with Crippen LogP contribution in [-0.2, 0) is 11.3 Å². The van der Waals surface area contributed by atoms with E-state index in [-0.39, 0.29) is 18.3 Å². The third-order valence-corrected chi connectivity index (χ3v) is 3.26. The molecule has 0 spiro atoms. The van der Waals surface area contributed by atoms with Gasteiger partial charge in [-0.1, -0.05) is 18.2 Å². The lowest BCUT2D eigenvalue weighted by molar-refractivity contribution is -0.121. The molecule has 2 N–H and O–H groups in total. The first-order valence-corrected chi connectivity index (χ1v) is 6.41. The monoisotopic (exact) mass is 284 g/mol. The molecule has 0 aromatic heterocycles. The summed E-state index contributed by atoms with van der Waals surface area (Å²) in [6, 6.07) is 8.09. The molecule has 1 aliphatic rings. The van der Waals surface area contributed by atoms with Gasteiger partial charge in [-0.25, -0.2) is 0 Å². The molecule has 1 saturated heterocycles. The first kappa shape index (κ1) is 15.8. The van der Waals surface area contributed by atoms with E-state index in [1.54, 1.807) is 7.11 Å². The Bertz CT molecular complexity index is 406. The zero-order chi connectivity index (χ0) is 12.8. The van der Waals surface area contributed by atoms with Crippen LogP contribution in [0.25, 0.3) is 0 Å². The Morgan fingerprint density at radius 3 is 2.95 bits per heavy atom. The van der Waals surface area contributed by atoms with Gasteiger partial charge in [-0.2, -0.15) is 0 Å². The van der Waals surface area contributed by atoms with Crippen LogP contribution in [0.2, 0.25) is 0 Å². The van der Waals surface area contributed by atoms with Crippen molar-refractivity contribution in [1.82, 2.24) is 10.6 Å². The van der Waals surface area contributed by atoms with E-state index in [4.69, 9.17) is 4.74 Å². The van der Waals surface area contributed by atoms with E-state index < -0.39 is 0 Å². The summed E-state index contributed by atoms with van der Waals surface area (Å²) in [6.45, 7) is 1.56. The fraction of sp³-hybridized carbons (Fsp3) is 0.500.